The number of aromatic amines is 1. The van der Waals surface area contributed by atoms with Gasteiger partial charge in [-0.05, 0) is 6.92 Å². The maximum Gasteiger partial charge on any atom is 0.433 e. The normalized spacial score (nSPS) is 12.6. The molecule has 1 aromatic rings. The van der Waals surface area contributed by atoms with E-state index in [9.17, 15) is 31.1 Å². The van der Waals surface area contributed by atoms with Crippen molar-refractivity contribution in [2.45, 2.75) is 19.3 Å². The predicted octanol–water partition coefficient (Wildman–Crippen LogP) is 2.62. The van der Waals surface area contributed by atoms with E-state index in [1.807, 2.05) is 0 Å². The summed E-state index contributed by atoms with van der Waals surface area (Å²) in [6.07, 6.45) is -10.7. The molecule has 0 amide bonds. The van der Waals surface area contributed by atoms with Crippen LogP contribution < -0.4 is 0 Å². The quantitative estimate of drug-likeness (QED) is 0.667. The molecule has 0 aliphatic rings. The molecule has 0 radical (unpaired) electrons. The molecular weight excluding hydrogens is 270 g/mol. The number of nitrogens with zero attached hydrogens (tertiary/aromatic N) is 1. The number of carbonyl (C=O) groups is 1. The Morgan fingerprint density at radius 2 is 1.78 bits per heavy atom. The van der Waals surface area contributed by atoms with Gasteiger partial charge < -0.3 is 4.74 Å². The highest BCUT2D eigenvalue weighted by atomic mass is 19.4. The first-order valence-corrected chi connectivity index (χ1v) is 4.49. The van der Waals surface area contributed by atoms with Crippen LogP contribution in [0.15, 0.2) is 0 Å². The maximum absolute atomic E-state index is 12.5. The van der Waals surface area contributed by atoms with Crippen molar-refractivity contribution in [3.8, 4) is 0 Å². The van der Waals surface area contributed by atoms with E-state index in [0.29, 0.717) is 0 Å². The first-order valence-electron chi connectivity index (χ1n) is 4.49. The van der Waals surface area contributed by atoms with Crippen molar-refractivity contribution < 1.29 is 35.9 Å². The maximum atomic E-state index is 12.5. The number of alkyl halides is 6. The standard InChI is InChI=1S/C8H6F6N2O2/c1-2-18-6(17)4-3(7(9,10)11)5(16-15-4)8(12,13)14/h2H2,1H3,(H,15,16). The van der Waals surface area contributed by atoms with Crippen LogP contribution in [0, 0.1) is 0 Å². The summed E-state index contributed by atoms with van der Waals surface area (Å²) in [5, 5.41) is 3.89. The minimum Gasteiger partial charge on any atom is -0.461 e. The highest BCUT2D eigenvalue weighted by Crippen LogP contribution is 2.40. The van der Waals surface area contributed by atoms with Crippen LogP contribution in [0.4, 0.5) is 26.3 Å². The number of halogens is 6. The lowest BCUT2D eigenvalue weighted by molar-refractivity contribution is -0.164. The van der Waals surface area contributed by atoms with Crippen molar-refractivity contribution in [1.29, 1.82) is 0 Å². The van der Waals surface area contributed by atoms with Crippen molar-refractivity contribution in [1.82, 2.24) is 10.2 Å². The van der Waals surface area contributed by atoms with Crippen molar-refractivity contribution in [2.75, 3.05) is 6.61 Å². The molecule has 102 valence electrons. The Kier molecular flexibility index (Phi) is 3.58. The summed E-state index contributed by atoms with van der Waals surface area (Å²) < 4.78 is 78.7. The molecule has 1 heterocycles. The monoisotopic (exact) mass is 276 g/mol. The van der Waals surface area contributed by atoms with Gasteiger partial charge in [0.2, 0.25) is 0 Å². The number of nitrogens with one attached hydrogen (secondary N) is 1. The highest BCUT2D eigenvalue weighted by molar-refractivity contribution is 5.89. The van der Waals surface area contributed by atoms with Gasteiger partial charge in [0.1, 0.15) is 5.56 Å². The Balaban J connectivity index is 3.39. The number of carbonyl (C=O) groups excluding carboxylic acids is 1. The third kappa shape index (κ3) is 2.74. The highest BCUT2D eigenvalue weighted by Gasteiger charge is 2.49. The number of esters is 1. The first kappa shape index (κ1) is 14.3. The topological polar surface area (TPSA) is 55.0 Å². The lowest BCUT2D eigenvalue weighted by Crippen LogP contribution is -2.19. The predicted molar refractivity (Wildman–Crippen MR) is 44.5 cm³/mol. The number of rotatable bonds is 2. The summed E-state index contributed by atoms with van der Waals surface area (Å²) >= 11 is 0. The van der Waals surface area contributed by atoms with Gasteiger partial charge in [0.05, 0.1) is 6.61 Å². The van der Waals surface area contributed by atoms with Crippen LogP contribution in [0.2, 0.25) is 0 Å². The smallest absolute Gasteiger partial charge is 0.433 e. The summed E-state index contributed by atoms with van der Waals surface area (Å²) in [6, 6.07) is 0. The molecule has 0 aliphatic heterocycles. The summed E-state index contributed by atoms with van der Waals surface area (Å²) in [5.41, 5.74) is -5.73. The molecule has 0 saturated carbocycles. The fourth-order valence-corrected chi connectivity index (χ4v) is 1.17. The minimum atomic E-state index is -5.38. The van der Waals surface area contributed by atoms with Crippen LogP contribution in [0.25, 0.3) is 0 Å². The summed E-state index contributed by atoms with van der Waals surface area (Å²) in [6.45, 7) is 1.01. The molecule has 4 nitrogen and oxygen atoms in total. The molecule has 18 heavy (non-hydrogen) atoms. The molecule has 0 saturated heterocycles. The lowest BCUT2D eigenvalue weighted by atomic mass is 10.1. The SMILES string of the molecule is CCOC(=O)c1n[nH]c(C(F)(F)F)c1C(F)(F)F. The molecule has 0 unspecified atom stereocenters. The third-order valence-corrected chi connectivity index (χ3v) is 1.80. The number of hydrogen-bond donors (Lipinski definition) is 1. The lowest BCUT2D eigenvalue weighted by Gasteiger charge is -2.11. The Bertz CT molecular complexity index is 447. The molecule has 0 aliphatic carbocycles. The molecule has 1 rings (SSSR count). The Labute approximate surface area is 95.9 Å². The third-order valence-electron chi connectivity index (χ3n) is 1.80. The number of aromatic nitrogens is 2. The Morgan fingerprint density at radius 1 is 1.22 bits per heavy atom. The van der Waals surface area contributed by atoms with Crippen molar-refractivity contribution in [3.63, 3.8) is 0 Å². The average Bonchev–Trinajstić information content (AvgIpc) is 2.60. The second kappa shape index (κ2) is 4.50. The number of hydrogen-bond acceptors (Lipinski definition) is 3. The fourth-order valence-electron chi connectivity index (χ4n) is 1.17. The van der Waals surface area contributed by atoms with Crippen LogP contribution in [0.1, 0.15) is 28.7 Å². The Morgan fingerprint density at radius 3 is 2.17 bits per heavy atom. The van der Waals surface area contributed by atoms with Gasteiger partial charge in [-0.15, -0.1) is 0 Å². The molecule has 0 bridgehead atoms. The average molecular weight is 276 g/mol. The molecule has 1 aromatic heterocycles. The van der Waals surface area contributed by atoms with Crippen LogP contribution in [-0.2, 0) is 17.1 Å². The van der Waals surface area contributed by atoms with E-state index < -0.39 is 35.3 Å². The van der Waals surface area contributed by atoms with Gasteiger partial charge in [0.25, 0.3) is 0 Å². The molecule has 0 aromatic carbocycles. The van der Waals surface area contributed by atoms with E-state index in [1.54, 1.807) is 0 Å². The molecule has 1 N–H and O–H groups in total. The first-order chi connectivity index (χ1) is 8.09. The number of ether oxygens (including phenoxy) is 1. The largest absolute Gasteiger partial charge is 0.461 e. The zero-order chi connectivity index (χ0) is 14.1. The summed E-state index contributed by atoms with van der Waals surface area (Å²) in [5.74, 6) is -1.57. The van der Waals surface area contributed by atoms with E-state index >= 15 is 0 Å². The second-order valence-corrected chi connectivity index (χ2v) is 3.04. The van der Waals surface area contributed by atoms with Crippen molar-refractivity contribution in [3.05, 3.63) is 17.0 Å². The van der Waals surface area contributed by atoms with Crippen LogP contribution in [0.3, 0.4) is 0 Å². The second-order valence-electron chi connectivity index (χ2n) is 3.04. The van der Waals surface area contributed by atoms with E-state index in [-0.39, 0.29) is 6.61 Å². The van der Waals surface area contributed by atoms with Crippen LogP contribution >= 0.6 is 0 Å². The van der Waals surface area contributed by atoms with Gasteiger partial charge in [-0.3, -0.25) is 5.10 Å². The van der Waals surface area contributed by atoms with Gasteiger partial charge in [0, 0.05) is 0 Å². The van der Waals surface area contributed by atoms with Crippen LogP contribution in [0.5, 0.6) is 0 Å². The van der Waals surface area contributed by atoms with Gasteiger partial charge in [-0.2, -0.15) is 31.4 Å². The van der Waals surface area contributed by atoms with Gasteiger partial charge in [0.15, 0.2) is 11.4 Å². The van der Waals surface area contributed by atoms with Gasteiger partial charge >= 0.3 is 18.3 Å². The summed E-state index contributed by atoms with van der Waals surface area (Å²) in [4.78, 5) is 11.1. The fraction of sp³-hybridized carbons (Fsp3) is 0.500. The van der Waals surface area contributed by atoms with Gasteiger partial charge in [-0.25, -0.2) is 4.79 Å². The molecule has 0 spiro atoms. The van der Waals surface area contributed by atoms with E-state index in [2.05, 4.69) is 9.84 Å². The van der Waals surface area contributed by atoms with Crippen LogP contribution in [-0.4, -0.2) is 22.8 Å². The minimum absolute atomic E-state index is 0.287. The zero-order valence-corrected chi connectivity index (χ0v) is 8.74. The van der Waals surface area contributed by atoms with E-state index in [4.69, 9.17) is 0 Å². The molecule has 0 fully saturated rings. The van der Waals surface area contributed by atoms with Gasteiger partial charge in [-0.1, -0.05) is 0 Å². The Hall–Kier alpha value is -1.74. The molecular formula is C8H6F6N2O2. The zero-order valence-electron chi connectivity index (χ0n) is 8.74. The summed E-state index contributed by atoms with van der Waals surface area (Å²) in [7, 11) is 0. The van der Waals surface area contributed by atoms with E-state index in [0.717, 1.165) is 5.10 Å². The van der Waals surface area contributed by atoms with Crippen molar-refractivity contribution in [2.24, 2.45) is 0 Å². The molecule has 0 atom stereocenters. The molecule has 10 heteroatoms. The van der Waals surface area contributed by atoms with E-state index in [1.165, 1.54) is 6.92 Å². The number of H-pyrrole nitrogens is 1. The van der Waals surface area contributed by atoms with Crippen molar-refractivity contribution >= 4 is 5.97 Å².